The summed E-state index contributed by atoms with van der Waals surface area (Å²) >= 11 is 1.55. The van der Waals surface area contributed by atoms with Crippen molar-refractivity contribution in [2.24, 2.45) is 5.41 Å². The summed E-state index contributed by atoms with van der Waals surface area (Å²) in [5.41, 5.74) is 1.75. The van der Waals surface area contributed by atoms with E-state index in [-0.39, 0.29) is 17.2 Å². The number of ether oxygens (including phenoxy) is 1. The summed E-state index contributed by atoms with van der Waals surface area (Å²) < 4.78 is 6.68. The highest BCUT2D eigenvalue weighted by molar-refractivity contribution is 7.16. The second-order valence-electron chi connectivity index (χ2n) is 7.30. The fourth-order valence-corrected chi connectivity index (χ4v) is 3.17. The SMILES string of the molecule is COC(=O)c1nc(-c2cnn3ccsc23)nc(N[C@@H](C)C(C)(C)C)c1C. The van der Waals surface area contributed by atoms with Crippen molar-refractivity contribution < 1.29 is 9.53 Å². The number of thiazole rings is 1. The van der Waals surface area contributed by atoms with Gasteiger partial charge in [-0.3, -0.25) is 0 Å². The van der Waals surface area contributed by atoms with Gasteiger partial charge in [0.25, 0.3) is 0 Å². The Morgan fingerprint density at radius 1 is 1.35 bits per heavy atom. The summed E-state index contributed by atoms with van der Waals surface area (Å²) in [6, 6.07) is 0.142. The summed E-state index contributed by atoms with van der Waals surface area (Å²) in [7, 11) is 1.35. The molecule has 8 heteroatoms. The molecule has 0 amide bonds. The topological polar surface area (TPSA) is 81.4 Å². The van der Waals surface area contributed by atoms with Gasteiger partial charge in [0.2, 0.25) is 0 Å². The smallest absolute Gasteiger partial charge is 0.357 e. The minimum absolute atomic E-state index is 0.0295. The number of hydrogen-bond donors (Lipinski definition) is 1. The molecule has 0 aliphatic rings. The normalized spacial score (nSPS) is 13.0. The molecule has 0 bridgehead atoms. The van der Waals surface area contributed by atoms with Crippen LogP contribution in [0, 0.1) is 12.3 Å². The first-order chi connectivity index (χ1) is 12.2. The minimum Gasteiger partial charge on any atom is -0.464 e. The molecule has 0 radical (unpaired) electrons. The standard InChI is InChI=1S/C18H23N5O2S/c1-10-13(17(24)25-6)21-15(12-9-19-23-7-8-26-16(12)23)22-14(10)20-11(2)18(3,4)5/h7-9,11H,1-6H3,(H,20,21,22)/t11-/m0/s1. The van der Waals surface area contributed by atoms with E-state index in [2.05, 4.69) is 43.1 Å². The largest absolute Gasteiger partial charge is 0.464 e. The van der Waals surface area contributed by atoms with E-state index < -0.39 is 5.97 Å². The van der Waals surface area contributed by atoms with Crippen LogP contribution in [0.1, 0.15) is 43.7 Å². The van der Waals surface area contributed by atoms with Gasteiger partial charge in [0.1, 0.15) is 10.6 Å². The van der Waals surface area contributed by atoms with E-state index in [1.165, 1.54) is 7.11 Å². The lowest BCUT2D eigenvalue weighted by atomic mass is 9.88. The zero-order valence-corrected chi connectivity index (χ0v) is 16.6. The number of fused-ring (bicyclic) bond motifs is 1. The molecule has 7 nitrogen and oxygen atoms in total. The first-order valence-electron chi connectivity index (χ1n) is 8.37. The predicted molar refractivity (Wildman–Crippen MR) is 103 cm³/mol. The number of rotatable bonds is 4. The molecule has 3 heterocycles. The van der Waals surface area contributed by atoms with Crippen LogP contribution in [0.2, 0.25) is 0 Å². The minimum atomic E-state index is -0.479. The third-order valence-electron chi connectivity index (χ3n) is 4.55. The molecule has 0 unspecified atom stereocenters. The van der Waals surface area contributed by atoms with Crippen molar-refractivity contribution in [3.8, 4) is 11.4 Å². The number of esters is 1. The molecule has 1 N–H and O–H groups in total. The lowest BCUT2D eigenvalue weighted by Gasteiger charge is -2.29. The number of carbonyl (C=O) groups excluding carboxylic acids is 1. The van der Waals surface area contributed by atoms with Crippen LogP contribution in [0.25, 0.3) is 16.2 Å². The monoisotopic (exact) mass is 373 g/mol. The Labute approximate surface area is 156 Å². The maximum Gasteiger partial charge on any atom is 0.357 e. The number of nitrogens with zero attached hydrogens (tertiary/aromatic N) is 4. The molecule has 3 aromatic rings. The van der Waals surface area contributed by atoms with Crippen LogP contribution in [-0.4, -0.2) is 38.7 Å². The number of hydrogen-bond acceptors (Lipinski definition) is 7. The Kier molecular flexibility index (Phi) is 4.70. The second-order valence-corrected chi connectivity index (χ2v) is 8.20. The van der Waals surface area contributed by atoms with E-state index in [0.29, 0.717) is 17.2 Å². The summed E-state index contributed by atoms with van der Waals surface area (Å²) in [6.45, 7) is 10.4. The van der Waals surface area contributed by atoms with E-state index in [4.69, 9.17) is 9.72 Å². The molecule has 0 saturated heterocycles. The van der Waals surface area contributed by atoms with Crippen LogP contribution in [0.3, 0.4) is 0 Å². The molecule has 0 aromatic carbocycles. The van der Waals surface area contributed by atoms with Crippen molar-refractivity contribution >= 4 is 28.0 Å². The molecule has 0 fully saturated rings. The zero-order chi connectivity index (χ0) is 19.1. The Balaban J connectivity index is 2.15. The molecule has 0 saturated carbocycles. The lowest BCUT2D eigenvalue weighted by Crippen LogP contribution is -2.32. The number of carbonyl (C=O) groups is 1. The van der Waals surface area contributed by atoms with E-state index in [1.807, 2.05) is 18.5 Å². The van der Waals surface area contributed by atoms with Crippen molar-refractivity contribution in [2.45, 2.75) is 40.7 Å². The first-order valence-corrected chi connectivity index (χ1v) is 9.25. The van der Waals surface area contributed by atoms with Crippen molar-refractivity contribution in [1.29, 1.82) is 0 Å². The molecule has 3 rings (SSSR count). The molecular weight excluding hydrogens is 350 g/mol. The van der Waals surface area contributed by atoms with E-state index in [0.717, 1.165) is 10.4 Å². The molecule has 0 aliphatic heterocycles. The Morgan fingerprint density at radius 3 is 2.73 bits per heavy atom. The average molecular weight is 373 g/mol. The summed E-state index contributed by atoms with van der Waals surface area (Å²) in [4.78, 5) is 22.3. The van der Waals surface area contributed by atoms with Gasteiger partial charge in [-0.05, 0) is 19.3 Å². The molecule has 138 valence electrons. The van der Waals surface area contributed by atoms with Crippen LogP contribution in [0.5, 0.6) is 0 Å². The Hall–Kier alpha value is -2.48. The van der Waals surface area contributed by atoms with Crippen LogP contribution in [0.15, 0.2) is 17.8 Å². The van der Waals surface area contributed by atoms with Gasteiger partial charge in [0, 0.05) is 23.2 Å². The van der Waals surface area contributed by atoms with Crippen LogP contribution in [0.4, 0.5) is 5.82 Å². The number of nitrogens with one attached hydrogen (secondary N) is 1. The number of aromatic nitrogens is 4. The maximum absolute atomic E-state index is 12.2. The zero-order valence-electron chi connectivity index (χ0n) is 15.8. The van der Waals surface area contributed by atoms with E-state index in [1.54, 1.807) is 22.0 Å². The fraction of sp³-hybridized carbons (Fsp3) is 0.444. The van der Waals surface area contributed by atoms with Crippen molar-refractivity contribution in [1.82, 2.24) is 19.6 Å². The Morgan fingerprint density at radius 2 is 2.08 bits per heavy atom. The molecular formula is C18H23N5O2S. The van der Waals surface area contributed by atoms with Gasteiger partial charge in [0.05, 0.1) is 18.9 Å². The highest BCUT2D eigenvalue weighted by atomic mass is 32.1. The average Bonchev–Trinajstić information content (AvgIpc) is 3.18. The highest BCUT2D eigenvalue weighted by Crippen LogP contribution is 2.30. The molecule has 1 atom stereocenters. The molecule has 0 spiro atoms. The van der Waals surface area contributed by atoms with Gasteiger partial charge in [0.15, 0.2) is 11.5 Å². The Bertz CT molecular complexity index is 954. The van der Waals surface area contributed by atoms with Crippen molar-refractivity contribution in [3.05, 3.63) is 29.0 Å². The predicted octanol–water partition coefficient (Wildman–Crippen LogP) is 3.79. The number of anilines is 1. The van der Waals surface area contributed by atoms with Gasteiger partial charge in [-0.2, -0.15) is 5.10 Å². The van der Waals surface area contributed by atoms with Crippen LogP contribution >= 0.6 is 11.3 Å². The van der Waals surface area contributed by atoms with Gasteiger partial charge in [-0.25, -0.2) is 19.3 Å². The molecule has 3 aromatic heterocycles. The lowest BCUT2D eigenvalue weighted by molar-refractivity contribution is 0.0593. The van der Waals surface area contributed by atoms with Gasteiger partial charge in [-0.15, -0.1) is 11.3 Å². The highest BCUT2D eigenvalue weighted by Gasteiger charge is 2.25. The molecule has 0 aliphatic carbocycles. The summed E-state index contributed by atoms with van der Waals surface area (Å²) in [5, 5.41) is 9.69. The van der Waals surface area contributed by atoms with Gasteiger partial charge < -0.3 is 10.1 Å². The quantitative estimate of drug-likeness (QED) is 0.701. The third-order valence-corrected chi connectivity index (χ3v) is 5.44. The summed E-state index contributed by atoms with van der Waals surface area (Å²) in [5.74, 6) is 0.609. The van der Waals surface area contributed by atoms with E-state index >= 15 is 0 Å². The van der Waals surface area contributed by atoms with Crippen molar-refractivity contribution in [3.63, 3.8) is 0 Å². The first kappa shape index (κ1) is 18.3. The van der Waals surface area contributed by atoms with E-state index in [9.17, 15) is 4.79 Å². The summed E-state index contributed by atoms with van der Waals surface area (Å²) in [6.07, 6.45) is 3.59. The fourth-order valence-electron chi connectivity index (χ4n) is 2.38. The van der Waals surface area contributed by atoms with Crippen molar-refractivity contribution in [2.75, 3.05) is 12.4 Å². The van der Waals surface area contributed by atoms with Gasteiger partial charge in [-0.1, -0.05) is 20.8 Å². The maximum atomic E-state index is 12.2. The third kappa shape index (κ3) is 3.29. The van der Waals surface area contributed by atoms with Crippen LogP contribution < -0.4 is 5.32 Å². The second kappa shape index (κ2) is 6.68. The van der Waals surface area contributed by atoms with Gasteiger partial charge >= 0.3 is 5.97 Å². The van der Waals surface area contributed by atoms with Crippen LogP contribution in [-0.2, 0) is 4.74 Å². The number of methoxy groups -OCH3 is 1. The molecule has 26 heavy (non-hydrogen) atoms.